The van der Waals surface area contributed by atoms with E-state index in [-0.39, 0.29) is 17.7 Å². The number of rotatable bonds is 5. The van der Waals surface area contributed by atoms with Crippen LogP contribution in [0.2, 0.25) is 0 Å². The Kier molecular flexibility index (Phi) is 4.74. The summed E-state index contributed by atoms with van der Waals surface area (Å²) in [6.45, 7) is 2.23. The number of carbonyl (C=O) groups is 1. The number of phenolic OH excluding ortho intramolecular Hbond substituents is 1. The summed E-state index contributed by atoms with van der Waals surface area (Å²) in [5.41, 5.74) is 1.54. The third-order valence-electron chi connectivity index (χ3n) is 3.02. The van der Waals surface area contributed by atoms with Crippen LogP contribution in [0.1, 0.15) is 12.5 Å². The van der Waals surface area contributed by atoms with Crippen LogP contribution in [0.3, 0.4) is 0 Å². The van der Waals surface area contributed by atoms with Crippen molar-refractivity contribution in [2.45, 2.75) is 19.5 Å². The molecule has 1 atom stereocenters. The molecule has 20 heavy (non-hydrogen) atoms. The molecule has 0 aliphatic heterocycles. The van der Waals surface area contributed by atoms with Gasteiger partial charge in [0.2, 0.25) is 5.91 Å². The Morgan fingerprint density at radius 3 is 2.45 bits per heavy atom. The van der Waals surface area contributed by atoms with Gasteiger partial charge >= 0.3 is 0 Å². The number of anilines is 1. The van der Waals surface area contributed by atoms with Crippen LogP contribution in [0.15, 0.2) is 54.6 Å². The van der Waals surface area contributed by atoms with Gasteiger partial charge in [-0.1, -0.05) is 36.4 Å². The van der Waals surface area contributed by atoms with Crippen molar-refractivity contribution in [2.24, 2.45) is 0 Å². The molecule has 3 N–H and O–H groups in total. The lowest BCUT2D eigenvalue weighted by Gasteiger charge is -2.14. The summed E-state index contributed by atoms with van der Waals surface area (Å²) in [6.07, 6.45) is 0. The minimum atomic E-state index is -0.352. The lowest BCUT2D eigenvalue weighted by molar-refractivity contribution is -0.117. The summed E-state index contributed by atoms with van der Waals surface area (Å²) in [4.78, 5) is 12.0. The number of hydrogen-bond donors (Lipinski definition) is 3. The van der Waals surface area contributed by atoms with E-state index >= 15 is 0 Å². The predicted octanol–water partition coefficient (Wildman–Crippen LogP) is 2.51. The molecule has 0 aliphatic carbocycles. The first kappa shape index (κ1) is 14.1. The molecule has 4 nitrogen and oxygen atoms in total. The Morgan fingerprint density at radius 2 is 1.75 bits per heavy atom. The number of para-hydroxylation sites is 2. The molecule has 2 aromatic carbocycles. The quantitative estimate of drug-likeness (QED) is 0.782. The summed E-state index contributed by atoms with van der Waals surface area (Å²) < 4.78 is 0. The van der Waals surface area contributed by atoms with Gasteiger partial charge in [-0.05, 0) is 25.1 Å². The fourth-order valence-corrected chi connectivity index (χ4v) is 1.79. The number of benzene rings is 2. The van der Waals surface area contributed by atoms with Gasteiger partial charge in [0.25, 0.3) is 0 Å². The van der Waals surface area contributed by atoms with Crippen LogP contribution in [-0.2, 0) is 11.3 Å². The number of amides is 1. The molecule has 0 aromatic heterocycles. The van der Waals surface area contributed by atoms with Crippen molar-refractivity contribution in [1.82, 2.24) is 5.32 Å². The zero-order chi connectivity index (χ0) is 14.4. The third-order valence-corrected chi connectivity index (χ3v) is 3.02. The predicted molar refractivity (Wildman–Crippen MR) is 79.5 cm³/mol. The van der Waals surface area contributed by atoms with Crippen molar-refractivity contribution in [3.05, 3.63) is 60.2 Å². The monoisotopic (exact) mass is 270 g/mol. The fourth-order valence-electron chi connectivity index (χ4n) is 1.79. The van der Waals surface area contributed by atoms with Crippen molar-refractivity contribution < 1.29 is 9.90 Å². The third kappa shape index (κ3) is 3.83. The van der Waals surface area contributed by atoms with Crippen LogP contribution in [0.5, 0.6) is 5.75 Å². The largest absolute Gasteiger partial charge is 0.508 e. The second-order valence-corrected chi connectivity index (χ2v) is 4.59. The summed E-state index contributed by atoms with van der Waals surface area (Å²) in [5.74, 6) is 0.127. The fraction of sp³-hybridized carbons (Fsp3) is 0.188. The van der Waals surface area contributed by atoms with E-state index < -0.39 is 0 Å². The van der Waals surface area contributed by atoms with Gasteiger partial charge < -0.3 is 15.7 Å². The zero-order valence-electron chi connectivity index (χ0n) is 11.3. The van der Waals surface area contributed by atoms with E-state index in [2.05, 4.69) is 10.6 Å². The van der Waals surface area contributed by atoms with Crippen LogP contribution in [-0.4, -0.2) is 17.1 Å². The molecular formula is C16H18N2O2. The van der Waals surface area contributed by atoms with Gasteiger partial charge in [0, 0.05) is 17.8 Å². The minimum absolute atomic E-state index is 0.105. The summed E-state index contributed by atoms with van der Waals surface area (Å²) >= 11 is 0. The highest BCUT2D eigenvalue weighted by molar-refractivity contribution is 5.94. The molecule has 0 spiro atoms. The smallest absolute Gasteiger partial charge is 0.241 e. The first-order valence-corrected chi connectivity index (χ1v) is 6.53. The first-order chi connectivity index (χ1) is 9.66. The van der Waals surface area contributed by atoms with Crippen LogP contribution in [0, 0.1) is 0 Å². The van der Waals surface area contributed by atoms with Crippen molar-refractivity contribution in [3.63, 3.8) is 0 Å². The number of nitrogens with one attached hydrogen (secondary N) is 2. The van der Waals surface area contributed by atoms with E-state index in [4.69, 9.17) is 0 Å². The highest BCUT2D eigenvalue weighted by atomic mass is 16.3. The van der Waals surface area contributed by atoms with Gasteiger partial charge in [-0.25, -0.2) is 0 Å². The van der Waals surface area contributed by atoms with E-state index in [1.165, 1.54) is 0 Å². The number of aromatic hydroxyl groups is 1. The second kappa shape index (κ2) is 6.73. The molecule has 104 valence electrons. The molecule has 0 aliphatic rings. The van der Waals surface area contributed by atoms with Gasteiger partial charge in [0.1, 0.15) is 5.75 Å². The SMILES string of the molecule is CC(NCc1ccccc1O)C(=O)Nc1ccccc1. The molecule has 2 aromatic rings. The first-order valence-electron chi connectivity index (χ1n) is 6.53. The van der Waals surface area contributed by atoms with Crippen molar-refractivity contribution in [3.8, 4) is 5.75 Å². The summed E-state index contributed by atoms with van der Waals surface area (Å²) in [7, 11) is 0. The lowest BCUT2D eigenvalue weighted by Crippen LogP contribution is -2.37. The van der Waals surface area contributed by atoms with E-state index in [1.54, 1.807) is 19.1 Å². The maximum absolute atomic E-state index is 12.0. The molecular weight excluding hydrogens is 252 g/mol. The average Bonchev–Trinajstić information content (AvgIpc) is 2.47. The molecule has 1 unspecified atom stereocenters. The molecule has 0 heterocycles. The molecule has 2 rings (SSSR count). The Bertz CT molecular complexity index is 570. The Morgan fingerprint density at radius 1 is 1.10 bits per heavy atom. The highest BCUT2D eigenvalue weighted by Crippen LogP contribution is 2.15. The maximum atomic E-state index is 12.0. The number of phenols is 1. The van der Waals surface area contributed by atoms with Gasteiger partial charge in [0.05, 0.1) is 6.04 Å². The average molecular weight is 270 g/mol. The van der Waals surface area contributed by atoms with Gasteiger partial charge in [-0.2, -0.15) is 0 Å². The normalized spacial score (nSPS) is 11.8. The van der Waals surface area contributed by atoms with Gasteiger partial charge in [-0.15, -0.1) is 0 Å². The van der Waals surface area contributed by atoms with Crippen LogP contribution in [0.4, 0.5) is 5.69 Å². The van der Waals surface area contributed by atoms with Crippen LogP contribution in [0.25, 0.3) is 0 Å². The molecule has 4 heteroatoms. The lowest BCUT2D eigenvalue weighted by atomic mass is 10.2. The summed E-state index contributed by atoms with van der Waals surface area (Å²) in [6, 6.07) is 16.0. The van der Waals surface area contributed by atoms with Gasteiger partial charge in [-0.3, -0.25) is 4.79 Å². The van der Waals surface area contributed by atoms with E-state index in [9.17, 15) is 9.90 Å². The van der Waals surface area contributed by atoms with Crippen molar-refractivity contribution >= 4 is 11.6 Å². The van der Waals surface area contributed by atoms with Crippen LogP contribution >= 0.6 is 0 Å². The summed E-state index contributed by atoms with van der Waals surface area (Å²) in [5, 5.41) is 15.6. The Labute approximate surface area is 118 Å². The Balaban J connectivity index is 1.87. The van der Waals surface area contributed by atoms with Crippen molar-refractivity contribution in [1.29, 1.82) is 0 Å². The highest BCUT2D eigenvalue weighted by Gasteiger charge is 2.12. The van der Waals surface area contributed by atoms with E-state index in [0.717, 1.165) is 11.3 Å². The van der Waals surface area contributed by atoms with Crippen LogP contribution < -0.4 is 10.6 Å². The minimum Gasteiger partial charge on any atom is -0.508 e. The number of carbonyl (C=O) groups excluding carboxylic acids is 1. The maximum Gasteiger partial charge on any atom is 0.241 e. The standard InChI is InChI=1S/C16H18N2O2/c1-12(16(20)18-14-8-3-2-4-9-14)17-11-13-7-5-6-10-15(13)19/h2-10,12,17,19H,11H2,1H3,(H,18,20). The van der Waals surface area contributed by atoms with E-state index in [1.807, 2.05) is 42.5 Å². The number of hydrogen-bond acceptors (Lipinski definition) is 3. The topological polar surface area (TPSA) is 61.4 Å². The van der Waals surface area contributed by atoms with E-state index in [0.29, 0.717) is 6.54 Å². The zero-order valence-corrected chi connectivity index (χ0v) is 11.3. The molecule has 0 radical (unpaired) electrons. The molecule has 0 fully saturated rings. The molecule has 1 amide bonds. The molecule has 0 saturated heterocycles. The Hall–Kier alpha value is -2.33. The van der Waals surface area contributed by atoms with Gasteiger partial charge in [0.15, 0.2) is 0 Å². The molecule has 0 bridgehead atoms. The molecule has 0 saturated carbocycles. The second-order valence-electron chi connectivity index (χ2n) is 4.59. The van der Waals surface area contributed by atoms with Crippen molar-refractivity contribution in [2.75, 3.05) is 5.32 Å².